The third-order valence-corrected chi connectivity index (χ3v) is 4.44. The van der Waals surface area contributed by atoms with E-state index in [9.17, 15) is 14.7 Å². The largest absolute Gasteiger partial charge is 0.479 e. The molecule has 1 aliphatic rings. The first-order chi connectivity index (χ1) is 9.85. The van der Waals surface area contributed by atoms with Crippen LogP contribution in [0.25, 0.3) is 0 Å². The van der Waals surface area contributed by atoms with Crippen LogP contribution in [0.1, 0.15) is 44.0 Å². The molecule has 21 heavy (non-hydrogen) atoms. The van der Waals surface area contributed by atoms with Crippen molar-refractivity contribution >= 4 is 11.9 Å². The normalized spacial score (nSPS) is 25.6. The first-order valence-corrected chi connectivity index (χ1v) is 7.40. The highest BCUT2D eigenvalue weighted by atomic mass is 16.4. The number of carboxylic acids is 1. The van der Waals surface area contributed by atoms with Gasteiger partial charge in [-0.05, 0) is 38.7 Å². The summed E-state index contributed by atoms with van der Waals surface area (Å²) in [6.45, 7) is 5.70. The second kappa shape index (κ2) is 5.87. The lowest BCUT2D eigenvalue weighted by Crippen LogP contribution is -2.60. The number of nitrogens with one attached hydrogen (secondary N) is 1. The van der Waals surface area contributed by atoms with Crippen LogP contribution >= 0.6 is 0 Å². The third kappa shape index (κ3) is 3.09. The van der Waals surface area contributed by atoms with E-state index in [0.29, 0.717) is 6.42 Å². The topological polar surface area (TPSA) is 84.2 Å². The number of carbonyl (C=O) groups is 2. The Bertz CT molecular complexity index is 552. The Kier molecular flexibility index (Phi) is 4.34. The van der Waals surface area contributed by atoms with Crippen LogP contribution in [0.5, 0.6) is 0 Å². The molecule has 2 rings (SSSR count). The van der Waals surface area contributed by atoms with Crippen molar-refractivity contribution in [1.29, 1.82) is 0 Å². The van der Waals surface area contributed by atoms with Gasteiger partial charge in [0.05, 0.1) is 5.69 Å². The summed E-state index contributed by atoms with van der Waals surface area (Å²) in [7, 11) is 0. The van der Waals surface area contributed by atoms with E-state index in [0.717, 1.165) is 30.7 Å². The summed E-state index contributed by atoms with van der Waals surface area (Å²) in [6.07, 6.45) is 3.17. The van der Waals surface area contributed by atoms with Crippen molar-refractivity contribution in [2.75, 3.05) is 0 Å². The molecule has 1 saturated carbocycles. The van der Waals surface area contributed by atoms with Gasteiger partial charge >= 0.3 is 5.97 Å². The SMILES string of the molecule is Cc1cc(C)n(CC(=O)NC2(C(=O)O)CCCCC2C)n1. The predicted octanol–water partition coefficient (Wildman–Crippen LogP) is 1.65. The lowest BCUT2D eigenvalue weighted by molar-refractivity contribution is -0.152. The zero-order valence-corrected chi connectivity index (χ0v) is 12.8. The van der Waals surface area contributed by atoms with E-state index in [2.05, 4.69) is 10.4 Å². The van der Waals surface area contributed by atoms with Crippen LogP contribution in [0.3, 0.4) is 0 Å². The molecule has 1 heterocycles. The molecule has 6 heteroatoms. The first-order valence-electron chi connectivity index (χ1n) is 7.40. The molecule has 0 bridgehead atoms. The lowest BCUT2D eigenvalue weighted by Gasteiger charge is -2.39. The van der Waals surface area contributed by atoms with Crippen LogP contribution in [0, 0.1) is 19.8 Å². The van der Waals surface area contributed by atoms with Gasteiger partial charge in [0, 0.05) is 5.69 Å². The number of nitrogens with zero attached hydrogens (tertiary/aromatic N) is 2. The summed E-state index contributed by atoms with van der Waals surface area (Å²) in [5.74, 6) is -1.29. The van der Waals surface area contributed by atoms with Crippen LogP contribution in [0.15, 0.2) is 6.07 Å². The predicted molar refractivity (Wildman–Crippen MR) is 77.8 cm³/mol. The summed E-state index contributed by atoms with van der Waals surface area (Å²) in [5.41, 5.74) is 0.605. The molecule has 116 valence electrons. The molecule has 1 aliphatic carbocycles. The van der Waals surface area contributed by atoms with Gasteiger partial charge in [-0.3, -0.25) is 9.48 Å². The molecular weight excluding hydrogens is 270 g/mol. The second-order valence-corrected chi connectivity index (χ2v) is 6.06. The Balaban J connectivity index is 2.12. The van der Waals surface area contributed by atoms with Gasteiger partial charge in [0.25, 0.3) is 0 Å². The molecule has 6 nitrogen and oxygen atoms in total. The number of rotatable bonds is 4. The molecule has 1 aromatic heterocycles. The van der Waals surface area contributed by atoms with Crippen molar-refractivity contribution in [3.05, 3.63) is 17.5 Å². The molecule has 0 aliphatic heterocycles. The van der Waals surface area contributed by atoms with Crippen LogP contribution in [-0.4, -0.2) is 32.3 Å². The number of carboxylic acid groups (broad SMARTS) is 1. The maximum Gasteiger partial charge on any atom is 0.329 e. The highest BCUT2D eigenvalue weighted by molar-refractivity contribution is 5.87. The second-order valence-electron chi connectivity index (χ2n) is 6.06. The van der Waals surface area contributed by atoms with Crippen LogP contribution in [0.2, 0.25) is 0 Å². The van der Waals surface area contributed by atoms with E-state index in [1.54, 1.807) is 4.68 Å². The summed E-state index contributed by atoms with van der Waals surface area (Å²) in [6, 6.07) is 1.89. The van der Waals surface area contributed by atoms with Crippen molar-refractivity contribution < 1.29 is 14.7 Å². The van der Waals surface area contributed by atoms with Gasteiger partial charge in [-0.1, -0.05) is 19.8 Å². The summed E-state index contributed by atoms with van der Waals surface area (Å²) in [5, 5.41) is 16.6. The highest BCUT2D eigenvalue weighted by Crippen LogP contribution is 2.34. The standard InChI is InChI=1S/C15H23N3O3/c1-10-6-4-5-7-15(10,14(20)21)16-13(19)9-18-12(3)8-11(2)17-18/h8,10H,4-7,9H2,1-3H3,(H,16,19)(H,20,21). The van der Waals surface area contributed by atoms with E-state index in [4.69, 9.17) is 0 Å². The van der Waals surface area contributed by atoms with Gasteiger partial charge in [0.2, 0.25) is 5.91 Å². The number of carbonyl (C=O) groups excluding carboxylic acids is 1. The van der Waals surface area contributed by atoms with Gasteiger partial charge in [0.15, 0.2) is 0 Å². The monoisotopic (exact) mass is 293 g/mol. The summed E-state index contributed by atoms with van der Waals surface area (Å²) >= 11 is 0. The van der Waals surface area contributed by atoms with Gasteiger partial charge in [0.1, 0.15) is 12.1 Å². The van der Waals surface area contributed by atoms with E-state index < -0.39 is 11.5 Å². The van der Waals surface area contributed by atoms with E-state index in [-0.39, 0.29) is 18.4 Å². The van der Waals surface area contributed by atoms with Crippen molar-refractivity contribution in [2.24, 2.45) is 5.92 Å². The average molecular weight is 293 g/mol. The smallest absolute Gasteiger partial charge is 0.329 e. The number of amides is 1. The number of aromatic nitrogens is 2. The zero-order chi connectivity index (χ0) is 15.6. The summed E-state index contributed by atoms with van der Waals surface area (Å²) in [4.78, 5) is 24.0. The maximum atomic E-state index is 12.3. The Morgan fingerprint density at radius 3 is 2.71 bits per heavy atom. The Morgan fingerprint density at radius 1 is 1.48 bits per heavy atom. The van der Waals surface area contributed by atoms with Crippen molar-refractivity contribution in [1.82, 2.24) is 15.1 Å². The van der Waals surface area contributed by atoms with Crippen molar-refractivity contribution in [3.63, 3.8) is 0 Å². The van der Waals surface area contributed by atoms with E-state index in [1.165, 1.54) is 0 Å². The average Bonchev–Trinajstić information content (AvgIpc) is 2.70. The third-order valence-electron chi connectivity index (χ3n) is 4.44. The Labute approximate surface area is 124 Å². The molecule has 0 radical (unpaired) electrons. The number of aryl methyl sites for hydroxylation is 2. The fourth-order valence-electron chi connectivity index (χ4n) is 3.16. The van der Waals surface area contributed by atoms with E-state index >= 15 is 0 Å². The highest BCUT2D eigenvalue weighted by Gasteiger charge is 2.46. The Hall–Kier alpha value is -1.85. The molecule has 2 N–H and O–H groups in total. The minimum atomic E-state index is -1.13. The molecular formula is C15H23N3O3. The lowest BCUT2D eigenvalue weighted by atomic mass is 9.73. The Morgan fingerprint density at radius 2 is 2.19 bits per heavy atom. The summed E-state index contributed by atoms with van der Waals surface area (Å²) < 4.78 is 1.60. The molecule has 0 spiro atoms. The van der Waals surface area contributed by atoms with Crippen LogP contribution in [-0.2, 0) is 16.1 Å². The molecule has 2 unspecified atom stereocenters. The van der Waals surface area contributed by atoms with Crippen LogP contribution < -0.4 is 5.32 Å². The minimum Gasteiger partial charge on any atom is -0.479 e. The zero-order valence-electron chi connectivity index (χ0n) is 12.8. The minimum absolute atomic E-state index is 0.0570. The van der Waals surface area contributed by atoms with Crippen molar-refractivity contribution in [2.45, 2.75) is 58.5 Å². The molecule has 2 atom stereocenters. The quantitative estimate of drug-likeness (QED) is 0.884. The van der Waals surface area contributed by atoms with Crippen molar-refractivity contribution in [3.8, 4) is 0 Å². The van der Waals surface area contributed by atoms with Gasteiger partial charge < -0.3 is 10.4 Å². The molecule has 1 amide bonds. The van der Waals surface area contributed by atoms with Gasteiger partial charge in [-0.25, -0.2) is 4.79 Å². The fourth-order valence-corrected chi connectivity index (χ4v) is 3.16. The maximum absolute atomic E-state index is 12.3. The molecule has 1 aromatic rings. The van der Waals surface area contributed by atoms with E-state index in [1.807, 2.05) is 26.8 Å². The fraction of sp³-hybridized carbons (Fsp3) is 0.667. The van der Waals surface area contributed by atoms with Gasteiger partial charge in [-0.15, -0.1) is 0 Å². The number of hydrogen-bond donors (Lipinski definition) is 2. The molecule has 1 fully saturated rings. The molecule has 0 aromatic carbocycles. The number of hydrogen-bond acceptors (Lipinski definition) is 3. The van der Waals surface area contributed by atoms with Gasteiger partial charge in [-0.2, -0.15) is 5.10 Å². The number of aliphatic carboxylic acids is 1. The van der Waals surface area contributed by atoms with Crippen LogP contribution in [0.4, 0.5) is 0 Å². The first kappa shape index (κ1) is 15.5. The molecule has 0 saturated heterocycles.